The van der Waals surface area contributed by atoms with E-state index in [9.17, 15) is 31.2 Å². The number of carbonyl (C=O) groups excluding carboxylic acids is 2. The molecule has 12 heteroatoms. The first-order valence-electron chi connectivity index (χ1n) is 10.9. The molecular weight excluding hydrogens is 497 g/mol. The normalized spacial score (nSPS) is 21.5. The maximum atomic E-state index is 13.2. The van der Waals surface area contributed by atoms with E-state index >= 15 is 0 Å². The third-order valence-corrected chi connectivity index (χ3v) is 7.79. The Morgan fingerprint density at radius 2 is 1.75 bits per heavy atom. The van der Waals surface area contributed by atoms with E-state index in [0.29, 0.717) is 18.7 Å². The SMILES string of the molecule is O=C1NC2(CC2Cc2ccnc(Nc3ccccc3)c2)C(=O)N1c1ccc(S(=O)(=O)C(F)(F)F)cc1. The molecule has 3 amide bonds. The number of hydrogen-bond acceptors (Lipinski definition) is 6. The Labute approximate surface area is 204 Å². The third-order valence-electron chi connectivity index (χ3n) is 6.29. The number of rotatable bonds is 6. The largest absolute Gasteiger partial charge is 0.501 e. The van der Waals surface area contributed by atoms with Gasteiger partial charge >= 0.3 is 11.5 Å². The van der Waals surface area contributed by atoms with Crippen molar-refractivity contribution in [1.29, 1.82) is 0 Å². The number of alkyl halides is 3. The highest BCUT2D eigenvalue weighted by molar-refractivity contribution is 7.92. The van der Waals surface area contributed by atoms with E-state index in [-0.39, 0.29) is 11.6 Å². The van der Waals surface area contributed by atoms with Gasteiger partial charge in [-0.3, -0.25) is 4.79 Å². The van der Waals surface area contributed by atoms with E-state index in [2.05, 4.69) is 15.6 Å². The van der Waals surface area contributed by atoms with Crippen molar-refractivity contribution in [3.8, 4) is 0 Å². The fourth-order valence-corrected chi connectivity index (χ4v) is 5.11. The molecule has 1 spiro atoms. The van der Waals surface area contributed by atoms with Crippen LogP contribution in [0.1, 0.15) is 12.0 Å². The second kappa shape index (κ2) is 8.33. The van der Waals surface area contributed by atoms with E-state index in [1.807, 2.05) is 42.5 Å². The number of anilines is 3. The monoisotopic (exact) mass is 516 g/mol. The molecule has 36 heavy (non-hydrogen) atoms. The summed E-state index contributed by atoms with van der Waals surface area (Å²) >= 11 is 0. The number of nitrogens with zero attached hydrogens (tertiary/aromatic N) is 2. The van der Waals surface area contributed by atoms with Crippen LogP contribution in [0.4, 0.5) is 35.2 Å². The topological polar surface area (TPSA) is 108 Å². The molecule has 8 nitrogen and oxygen atoms in total. The molecule has 2 fully saturated rings. The lowest BCUT2D eigenvalue weighted by atomic mass is 10.1. The molecule has 1 aromatic heterocycles. The number of halogens is 3. The first-order valence-corrected chi connectivity index (χ1v) is 12.3. The van der Waals surface area contributed by atoms with E-state index in [1.165, 1.54) is 0 Å². The highest BCUT2D eigenvalue weighted by Crippen LogP contribution is 2.50. The van der Waals surface area contributed by atoms with Crippen molar-refractivity contribution < 1.29 is 31.2 Å². The predicted octanol–water partition coefficient (Wildman–Crippen LogP) is 4.18. The van der Waals surface area contributed by atoms with Crippen LogP contribution in [0.3, 0.4) is 0 Å². The van der Waals surface area contributed by atoms with Crippen LogP contribution in [0, 0.1) is 5.92 Å². The zero-order valence-corrected chi connectivity index (χ0v) is 19.3. The number of benzene rings is 2. The Balaban J connectivity index is 1.30. The quantitative estimate of drug-likeness (QED) is 0.476. The Morgan fingerprint density at radius 3 is 2.42 bits per heavy atom. The lowest BCUT2D eigenvalue weighted by Crippen LogP contribution is -2.35. The van der Waals surface area contributed by atoms with Crippen molar-refractivity contribution in [2.75, 3.05) is 10.2 Å². The van der Waals surface area contributed by atoms with Crippen LogP contribution >= 0.6 is 0 Å². The number of nitrogens with one attached hydrogen (secondary N) is 2. The fraction of sp³-hybridized carbons (Fsp3) is 0.208. The number of sulfone groups is 1. The summed E-state index contributed by atoms with van der Waals surface area (Å²) in [6, 6.07) is 15.9. The summed E-state index contributed by atoms with van der Waals surface area (Å²) in [5.41, 5.74) is -4.80. The Hall–Kier alpha value is -3.93. The van der Waals surface area contributed by atoms with Gasteiger partial charge in [0.05, 0.1) is 10.6 Å². The van der Waals surface area contributed by atoms with Crippen LogP contribution in [0.25, 0.3) is 0 Å². The van der Waals surface area contributed by atoms with Gasteiger partial charge in [-0.05, 0) is 72.9 Å². The van der Waals surface area contributed by atoms with Gasteiger partial charge in [0.25, 0.3) is 15.7 Å². The molecule has 2 aliphatic rings. The minimum atomic E-state index is -5.54. The summed E-state index contributed by atoms with van der Waals surface area (Å²) in [4.78, 5) is 29.9. The molecule has 0 radical (unpaired) electrons. The molecule has 1 aliphatic heterocycles. The fourth-order valence-electron chi connectivity index (χ4n) is 4.35. The Kier molecular flexibility index (Phi) is 5.51. The number of pyridine rings is 1. The Morgan fingerprint density at radius 1 is 1.06 bits per heavy atom. The number of carbonyl (C=O) groups is 2. The number of hydrogen-bond donors (Lipinski definition) is 2. The second-order valence-corrected chi connectivity index (χ2v) is 10.6. The summed E-state index contributed by atoms with van der Waals surface area (Å²) in [5.74, 6) is -0.0814. The first kappa shape index (κ1) is 23.8. The molecule has 3 aromatic rings. The lowest BCUT2D eigenvalue weighted by Gasteiger charge is -2.14. The maximum Gasteiger partial charge on any atom is 0.501 e. The zero-order chi connectivity index (χ0) is 25.7. The number of aromatic nitrogens is 1. The molecule has 1 saturated heterocycles. The summed E-state index contributed by atoms with van der Waals surface area (Å²) in [5, 5.41) is 5.90. The Bertz CT molecular complexity index is 1450. The van der Waals surface area contributed by atoms with Crippen molar-refractivity contribution in [3.63, 3.8) is 0 Å². The van der Waals surface area contributed by atoms with Gasteiger partial charge in [0.15, 0.2) is 0 Å². The second-order valence-electron chi connectivity index (χ2n) is 8.63. The predicted molar refractivity (Wildman–Crippen MR) is 124 cm³/mol. The van der Waals surface area contributed by atoms with Gasteiger partial charge in [-0.25, -0.2) is 23.1 Å². The minimum Gasteiger partial charge on any atom is -0.340 e. The van der Waals surface area contributed by atoms with Crippen molar-refractivity contribution in [2.45, 2.75) is 28.8 Å². The molecule has 2 unspecified atom stereocenters. The van der Waals surface area contributed by atoms with Crippen LogP contribution in [0.15, 0.2) is 77.8 Å². The summed E-state index contributed by atoms with van der Waals surface area (Å²) in [6.45, 7) is 0. The summed E-state index contributed by atoms with van der Waals surface area (Å²) in [6.07, 6.45) is 2.54. The lowest BCUT2D eigenvalue weighted by molar-refractivity contribution is -0.119. The summed E-state index contributed by atoms with van der Waals surface area (Å²) in [7, 11) is -5.54. The molecule has 2 N–H and O–H groups in total. The third kappa shape index (κ3) is 4.06. The average molecular weight is 517 g/mol. The van der Waals surface area contributed by atoms with Gasteiger partial charge in [0, 0.05) is 11.9 Å². The van der Waals surface area contributed by atoms with Gasteiger partial charge in [-0.1, -0.05) is 18.2 Å². The smallest absolute Gasteiger partial charge is 0.340 e. The van der Waals surface area contributed by atoms with E-state index in [1.54, 1.807) is 6.20 Å². The van der Waals surface area contributed by atoms with Crippen LogP contribution in [0.5, 0.6) is 0 Å². The molecule has 2 heterocycles. The van der Waals surface area contributed by atoms with Crippen LogP contribution in [-0.4, -0.2) is 36.4 Å². The van der Waals surface area contributed by atoms with Crippen molar-refractivity contribution in [3.05, 3.63) is 78.5 Å². The zero-order valence-electron chi connectivity index (χ0n) is 18.5. The molecular formula is C24H19F3N4O4S. The standard InChI is InChI=1S/C24H19F3N4O4S/c25-24(26,27)36(34,35)19-8-6-18(7-9-19)31-21(32)23(30-22(31)33)14-16(23)12-15-10-11-28-20(13-15)29-17-4-2-1-3-5-17/h1-11,13,16H,12,14H2,(H,28,29)(H,30,33). The maximum absolute atomic E-state index is 13.2. The van der Waals surface area contributed by atoms with Crippen LogP contribution in [0.2, 0.25) is 0 Å². The highest BCUT2D eigenvalue weighted by Gasteiger charge is 2.67. The van der Waals surface area contributed by atoms with Crippen molar-refractivity contribution in [1.82, 2.24) is 10.3 Å². The van der Waals surface area contributed by atoms with E-state index in [4.69, 9.17) is 0 Å². The highest BCUT2D eigenvalue weighted by atomic mass is 32.2. The number of amides is 3. The molecule has 1 saturated carbocycles. The van der Waals surface area contributed by atoms with Crippen LogP contribution < -0.4 is 15.5 Å². The van der Waals surface area contributed by atoms with E-state index < -0.39 is 37.7 Å². The van der Waals surface area contributed by atoms with Crippen molar-refractivity contribution in [2.24, 2.45) is 5.92 Å². The first-order chi connectivity index (χ1) is 17.0. The number of para-hydroxylation sites is 1. The molecule has 2 atom stereocenters. The molecule has 0 bridgehead atoms. The minimum absolute atomic E-state index is 0.0144. The van der Waals surface area contributed by atoms with Crippen molar-refractivity contribution >= 4 is 39.0 Å². The molecule has 186 valence electrons. The summed E-state index contributed by atoms with van der Waals surface area (Å²) < 4.78 is 61.5. The van der Waals surface area contributed by atoms with Gasteiger partial charge in [0.2, 0.25) is 0 Å². The molecule has 2 aromatic carbocycles. The van der Waals surface area contributed by atoms with Gasteiger partial charge in [-0.15, -0.1) is 0 Å². The number of imide groups is 1. The van der Waals surface area contributed by atoms with Crippen LogP contribution in [-0.2, 0) is 21.1 Å². The van der Waals surface area contributed by atoms with Gasteiger partial charge in [0.1, 0.15) is 11.4 Å². The van der Waals surface area contributed by atoms with Gasteiger partial charge in [-0.2, -0.15) is 13.2 Å². The molecule has 1 aliphatic carbocycles. The molecule has 5 rings (SSSR count). The van der Waals surface area contributed by atoms with E-state index in [0.717, 1.165) is 40.4 Å². The average Bonchev–Trinajstić information content (AvgIpc) is 3.45. The number of urea groups is 1. The van der Waals surface area contributed by atoms with Gasteiger partial charge < -0.3 is 10.6 Å².